The molecule has 1 atom stereocenters. The third-order valence-corrected chi connectivity index (χ3v) is 5.97. The Morgan fingerprint density at radius 1 is 1.23 bits per heavy atom. The zero-order valence-electron chi connectivity index (χ0n) is 17.6. The monoisotopic (exact) mass is 431 g/mol. The number of ketones is 1. The summed E-state index contributed by atoms with van der Waals surface area (Å²) in [6, 6.07) is 7.98. The van der Waals surface area contributed by atoms with Crippen molar-refractivity contribution < 1.29 is 29.1 Å². The molecule has 1 aromatic heterocycles. The molecule has 0 radical (unpaired) electrons. The molecule has 1 aromatic carbocycles. The molecule has 1 aliphatic heterocycles. The number of ether oxygens (including phenoxy) is 2. The Bertz CT molecular complexity index is 952. The van der Waals surface area contributed by atoms with Crippen LogP contribution >= 0.6 is 11.3 Å². The highest BCUT2D eigenvalue weighted by atomic mass is 32.1. The number of benzene rings is 1. The maximum atomic E-state index is 13.2. The first-order valence-corrected chi connectivity index (χ1v) is 10.6. The van der Waals surface area contributed by atoms with Gasteiger partial charge in [-0.25, -0.2) is 0 Å². The highest BCUT2D eigenvalue weighted by molar-refractivity contribution is 7.12. The number of aliphatic hydroxyl groups is 1. The molecule has 0 saturated heterocycles. The predicted molar refractivity (Wildman–Crippen MR) is 115 cm³/mol. The molecule has 0 fully saturated rings. The van der Waals surface area contributed by atoms with Gasteiger partial charge in [0.05, 0.1) is 51.4 Å². The lowest BCUT2D eigenvalue weighted by Gasteiger charge is -2.28. The fourth-order valence-electron chi connectivity index (χ4n) is 3.63. The van der Waals surface area contributed by atoms with Crippen molar-refractivity contribution in [2.75, 3.05) is 41.4 Å². The van der Waals surface area contributed by atoms with Crippen LogP contribution in [-0.2, 0) is 4.79 Å². The van der Waals surface area contributed by atoms with Crippen molar-refractivity contribution in [1.82, 2.24) is 4.90 Å². The molecule has 0 saturated carbocycles. The van der Waals surface area contributed by atoms with Crippen LogP contribution in [0.3, 0.4) is 0 Å². The van der Waals surface area contributed by atoms with Crippen molar-refractivity contribution in [3.8, 4) is 11.5 Å². The minimum absolute atomic E-state index is 0.0862. The van der Waals surface area contributed by atoms with Gasteiger partial charge in [-0.1, -0.05) is 6.07 Å². The van der Waals surface area contributed by atoms with Crippen LogP contribution in [0.4, 0.5) is 0 Å². The van der Waals surface area contributed by atoms with E-state index in [2.05, 4.69) is 0 Å². The van der Waals surface area contributed by atoms with Crippen molar-refractivity contribution in [3.63, 3.8) is 0 Å². The van der Waals surface area contributed by atoms with Crippen LogP contribution in [0.1, 0.15) is 27.7 Å². The second kappa shape index (κ2) is 9.32. The van der Waals surface area contributed by atoms with Gasteiger partial charge in [0.15, 0.2) is 5.76 Å². The van der Waals surface area contributed by atoms with Crippen molar-refractivity contribution in [2.45, 2.75) is 12.5 Å². The van der Waals surface area contributed by atoms with Gasteiger partial charge in [-0.3, -0.25) is 9.59 Å². The Balaban J connectivity index is 2.08. The third kappa shape index (κ3) is 4.20. The standard InChI is InChI=1S/C22H26N2O5S/c1-23(2)10-6-11-24-19(15-9-8-14(28-3)13-16(15)29-4)18(21(26)22(24)27)20(25)17-7-5-12-30-17/h5,7-9,12-13,19,26H,6,10-11H2,1-4H3/p+1. The van der Waals surface area contributed by atoms with E-state index in [-0.39, 0.29) is 11.4 Å². The number of carbonyl (C=O) groups excluding carboxylic acids is 2. The summed E-state index contributed by atoms with van der Waals surface area (Å²) in [6.45, 7) is 1.26. The van der Waals surface area contributed by atoms with E-state index in [0.29, 0.717) is 28.5 Å². The Hall–Kier alpha value is -2.84. The fraction of sp³-hybridized carbons (Fsp3) is 0.364. The van der Waals surface area contributed by atoms with Crippen LogP contribution in [0.2, 0.25) is 0 Å². The van der Waals surface area contributed by atoms with Gasteiger partial charge in [0.25, 0.3) is 5.91 Å². The smallest absolute Gasteiger partial charge is 0.290 e. The number of thiophene rings is 1. The summed E-state index contributed by atoms with van der Waals surface area (Å²) in [5.74, 6) is -0.289. The maximum absolute atomic E-state index is 13.2. The Morgan fingerprint density at radius 2 is 2.00 bits per heavy atom. The van der Waals surface area contributed by atoms with E-state index >= 15 is 0 Å². The van der Waals surface area contributed by atoms with Gasteiger partial charge in [0.2, 0.25) is 5.78 Å². The van der Waals surface area contributed by atoms with E-state index in [1.165, 1.54) is 23.3 Å². The summed E-state index contributed by atoms with van der Waals surface area (Å²) < 4.78 is 10.8. The molecular formula is C22H27N2O5S+. The van der Waals surface area contributed by atoms with Gasteiger partial charge in [0, 0.05) is 24.6 Å². The maximum Gasteiger partial charge on any atom is 0.290 e. The largest absolute Gasteiger partial charge is 0.503 e. The van der Waals surface area contributed by atoms with E-state index in [0.717, 1.165) is 13.0 Å². The van der Waals surface area contributed by atoms with Crippen LogP contribution in [0.15, 0.2) is 47.0 Å². The molecule has 1 amide bonds. The average Bonchev–Trinajstić information content (AvgIpc) is 3.35. The van der Waals surface area contributed by atoms with Gasteiger partial charge in [0.1, 0.15) is 11.5 Å². The molecule has 2 N–H and O–H groups in total. The molecular weight excluding hydrogens is 404 g/mol. The first kappa shape index (κ1) is 21.9. The number of hydrogen-bond acceptors (Lipinski definition) is 6. The molecule has 0 aliphatic carbocycles. The Morgan fingerprint density at radius 3 is 2.60 bits per heavy atom. The number of amides is 1. The topological polar surface area (TPSA) is 80.5 Å². The van der Waals surface area contributed by atoms with Crippen molar-refractivity contribution in [2.24, 2.45) is 0 Å². The second-order valence-corrected chi connectivity index (χ2v) is 8.34. The van der Waals surface area contributed by atoms with Crippen LogP contribution < -0.4 is 14.4 Å². The number of hydrogen-bond donors (Lipinski definition) is 2. The van der Waals surface area contributed by atoms with Gasteiger partial charge in [-0.05, 0) is 23.6 Å². The summed E-state index contributed by atoms with van der Waals surface area (Å²) >= 11 is 1.28. The van der Waals surface area contributed by atoms with Gasteiger partial charge in [-0.15, -0.1) is 11.3 Å². The van der Waals surface area contributed by atoms with Crippen LogP contribution in [0.5, 0.6) is 11.5 Å². The molecule has 0 spiro atoms. The quantitative estimate of drug-likeness (QED) is 0.593. The summed E-state index contributed by atoms with van der Waals surface area (Å²) in [5, 5.41) is 12.5. The summed E-state index contributed by atoms with van der Waals surface area (Å²) in [4.78, 5) is 29.5. The molecule has 30 heavy (non-hydrogen) atoms. The first-order valence-electron chi connectivity index (χ1n) is 9.72. The number of nitrogens with one attached hydrogen (secondary N) is 1. The first-order chi connectivity index (χ1) is 14.4. The van der Waals surface area contributed by atoms with Gasteiger partial charge < -0.3 is 24.4 Å². The number of nitrogens with zero attached hydrogens (tertiary/aromatic N) is 1. The number of methoxy groups -OCH3 is 2. The summed E-state index contributed by atoms with van der Waals surface area (Å²) in [6.07, 6.45) is 0.733. The summed E-state index contributed by atoms with van der Waals surface area (Å²) in [7, 11) is 7.16. The van der Waals surface area contributed by atoms with Gasteiger partial charge >= 0.3 is 0 Å². The molecule has 7 nitrogen and oxygen atoms in total. The molecule has 3 rings (SSSR count). The average molecular weight is 432 g/mol. The lowest BCUT2D eigenvalue weighted by atomic mass is 9.94. The molecule has 1 aliphatic rings. The normalized spacial score (nSPS) is 16.5. The Kier molecular flexibility index (Phi) is 6.79. The van der Waals surface area contributed by atoms with E-state index in [1.807, 2.05) is 14.1 Å². The number of rotatable bonds is 9. The van der Waals surface area contributed by atoms with Crippen molar-refractivity contribution >= 4 is 23.0 Å². The molecule has 160 valence electrons. The summed E-state index contributed by atoms with van der Waals surface area (Å²) in [5.41, 5.74) is 0.718. The van der Waals surface area contributed by atoms with Gasteiger partial charge in [-0.2, -0.15) is 0 Å². The molecule has 8 heteroatoms. The van der Waals surface area contributed by atoms with E-state index in [4.69, 9.17) is 9.47 Å². The SMILES string of the molecule is COc1ccc(C2C(C(=O)c3cccs3)=C(O)C(=O)N2CCC[NH+](C)C)c(OC)c1. The lowest BCUT2D eigenvalue weighted by molar-refractivity contribution is -0.858. The number of aliphatic hydroxyl groups excluding tert-OH is 1. The zero-order valence-corrected chi connectivity index (χ0v) is 18.4. The second-order valence-electron chi connectivity index (χ2n) is 7.39. The lowest BCUT2D eigenvalue weighted by Crippen LogP contribution is -3.05. The van der Waals surface area contributed by atoms with E-state index in [1.54, 1.807) is 47.7 Å². The number of quaternary nitrogens is 1. The highest BCUT2D eigenvalue weighted by Gasteiger charge is 2.44. The van der Waals surface area contributed by atoms with E-state index < -0.39 is 17.7 Å². The van der Waals surface area contributed by atoms with Crippen LogP contribution in [0.25, 0.3) is 0 Å². The van der Waals surface area contributed by atoms with Crippen LogP contribution in [0, 0.1) is 0 Å². The Labute approximate surface area is 180 Å². The van der Waals surface area contributed by atoms with Crippen molar-refractivity contribution in [1.29, 1.82) is 0 Å². The molecule has 2 heterocycles. The molecule has 1 unspecified atom stereocenters. The van der Waals surface area contributed by atoms with Crippen LogP contribution in [-0.4, -0.2) is 63.1 Å². The van der Waals surface area contributed by atoms with E-state index in [9.17, 15) is 14.7 Å². The predicted octanol–water partition coefficient (Wildman–Crippen LogP) is 1.88. The third-order valence-electron chi connectivity index (χ3n) is 5.10. The minimum Gasteiger partial charge on any atom is -0.503 e. The molecule has 2 aromatic rings. The van der Waals surface area contributed by atoms with Crippen molar-refractivity contribution in [3.05, 3.63) is 57.5 Å². The number of carbonyl (C=O) groups is 2. The zero-order chi connectivity index (χ0) is 21.8. The highest BCUT2D eigenvalue weighted by Crippen LogP contribution is 2.43. The molecule has 0 bridgehead atoms. The fourth-order valence-corrected chi connectivity index (χ4v) is 4.31. The number of Topliss-reactive ketones (excluding diaryl/α,β-unsaturated/α-hetero) is 1. The minimum atomic E-state index is -0.731.